The highest BCUT2D eigenvalue weighted by molar-refractivity contribution is 5.79. The lowest BCUT2D eigenvalue weighted by atomic mass is 10.1. The SMILES string of the molecule is CCCCN(C(=O)Cc1ccccc1O)C(C)CC. The first-order valence-electron chi connectivity index (χ1n) is 7.16. The Kier molecular flexibility index (Phi) is 6.40. The Labute approximate surface area is 116 Å². The minimum Gasteiger partial charge on any atom is -0.508 e. The number of carbonyl (C=O) groups is 1. The van der Waals surface area contributed by atoms with Crippen molar-refractivity contribution in [3.8, 4) is 5.75 Å². The summed E-state index contributed by atoms with van der Waals surface area (Å²) in [7, 11) is 0. The van der Waals surface area contributed by atoms with Gasteiger partial charge in [0.2, 0.25) is 5.91 Å². The van der Waals surface area contributed by atoms with Crippen molar-refractivity contribution in [2.75, 3.05) is 6.54 Å². The molecule has 0 fully saturated rings. The van der Waals surface area contributed by atoms with E-state index in [1.54, 1.807) is 12.1 Å². The predicted molar refractivity (Wildman–Crippen MR) is 78.2 cm³/mol. The minimum atomic E-state index is 0.101. The van der Waals surface area contributed by atoms with Crippen LogP contribution in [0.25, 0.3) is 0 Å². The molecule has 0 heterocycles. The summed E-state index contributed by atoms with van der Waals surface area (Å²) in [6, 6.07) is 7.31. The van der Waals surface area contributed by atoms with Gasteiger partial charge >= 0.3 is 0 Å². The molecule has 0 radical (unpaired) electrons. The summed E-state index contributed by atoms with van der Waals surface area (Å²) in [5, 5.41) is 9.74. The molecule has 0 spiro atoms. The average Bonchev–Trinajstić information content (AvgIpc) is 2.41. The first-order valence-corrected chi connectivity index (χ1v) is 7.16. The van der Waals surface area contributed by atoms with E-state index in [0.29, 0.717) is 5.56 Å². The van der Waals surface area contributed by atoms with Crippen LogP contribution in [0.5, 0.6) is 5.75 Å². The van der Waals surface area contributed by atoms with E-state index in [0.717, 1.165) is 25.8 Å². The molecular formula is C16H25NO2. The van der Waals surface area contributed by atoms with E-state index in [2.05, 4.69) is 20.8 Å². The highest BCUT2D eigenvalue weighted by atomic mass is 16.3. The van der Waals surface area contributed by atoms with Gasteiger partial charge in [0.1, 0.15) is 5.75 Å². The number of hydrogen-bond acceptors (Lipinski definition) is 2. The van der Waals surface area contributed by atoms with E-state index in [-0.39, 0.29) is 24.1 Å². The summed E-state index contributed by atoms with van der Waals surface area (Å²) >= 11 is 0. The monoisotopic (exact) mass is 263 g/mol. The Morgan fingerprint density at radius 2 is 2.00 bits per heavy atom. The van der Waals surface area contributed by atoms with Gasteiger partial charge in [0.15, 0.2) is 0 Å². The van der Waals surface area contributed by atoms with Gasteiger partial charge in [0, 0.05) is 18.2 Å². The van der Waals surface area contributed by atoms with Gasteiger partial charge in [-0.2, -0.15) is 0 Å². The molecule has 0 saturated carbocycles. The van der Waals surface area contributed by atoms with E-state index in [1.807, 2.05) is 17.0 Å². The number of amides is 1. The topological polar surface area (TPSA) is 40.5 Å². The number of hydrogen-bond donors (Lipinski definition) is 1. The summed E-state index contributed by atoms with van der Waals surface area (Å²) in [6.07, 6.45) is 3.34. The van der Waals surface area contributed by atoms with Crippen LogP contribution in [0.2, 0.25) is 0 Å². The van der Waals surface area contributed by atoms with E-state index in [1.165, 1.54) is 0 Å². The summed E-state index contributed by atoms with van der Waals surface area (Å²) in [6.45, 7) is 7.11. The summed E-state index contributed by atoms with van der Waals surface area (Å²) < 4.78 is 0. The van der Waals surface area contributed by atoms with E-state index < -0.39 is 0 Å². The van der Waals surface area contributed by atoms with Crippen LogP contribution >= 0.6 is 0 Å². The molecule has 0 bridgehead atoms. The van der Waals surface area contributed by atoms with Gasteiger partial charge in [-0.1, -0.05) is 38.5 Å². The third-order valence-electron chi connectivity index (χ3n) is 3.53. The largest absolute Gasteiger partial charge is 0.508 e. The van der Waals surface area contributed by atoms with E-state index >= 15 is 0 Å². The minimum absolute atomic E-state index is 0.101. The number of unbranched alkanes of at least 4 members (excludes halogenated alkanes) is 1. The smallest absolute Gasteiger partial charge is 0.227 e. The number of nitrogens with zero attached hydrogens (tertiary/aromatic N) is 1. The first kappa shape index (κ1) is 15.5. The van der Waals surface area contributed by atoms with Crippen molar-refractivity contribution in [1.82, 2.24) is 4.90 Å². The van der Waals surface area contributed by atoms with Crippen LogP contribution in [0.4, 0.5) is 0 Å². The van der Waals surface area contributed by atoms with Crippen LogP contribution in [0.15, 0.2) is 24.3 Å². The van der Waals surface area contributed by atoms with Gasteiger partial charge in [0.25, 0.3) is 0 Å². The van der Waals surface area contributed by atoms with Crippen LogP contribution in [0.3, 0.4) is 0 Å². The highest BCUT2D eigenvalue weighted by Crippen LogP contribution is 2.18. The van der Waals surface area contributed by atoms with Crippen LogP contribution in [0, 0.1) is 0 Å². The van der Waals surface area contributed by atoms with Crippen molar-refractivity contribution < 1.29 is 9.90 Å². The van der Waals surface area contributed by atoms with Crippen molar-refractivity contribution in [3.63, 3.8) is 0 Å². The van der Waals surface area contributed by atoms with Gasteiger partial charge in [-0.05, 0) is 25.8 Å². The summed E-state index contributed by atoms with van der Waals surface area (Å²) in [5.74, 6) is 0.305. The standard InChI is InChI=1S/C16H25NO2/c1-4-6-11-17(13(3)5-2)16(19)12-14-9-7-8-10-15(14)18/h7-10,13,18H,4-6,11-12H2,1-3H3. The Morgan fingerprint density at radius 3 is 2.58 bits per heavy atom. The molecule has 1 aromatic carbocycles. The van der Waals surface area contributed by atoms with Crippen molar-refractivity contribution in [2.45, 2.75) is 52.5 Å². The molecule has 3 nitrogen and oxygen atoms in total. The van der Waals surface area contributed by atoms with Crippen LogP contribution < -0.4 is 0 Å². The van der Waals surface area contributed by atoms with Gasteiger partial charge in [-0.25, -0.2) is 0 Å². The molecule has 1 aromatic rings. The molecule has 106 valence electrons. The maximum absolute atomic E-state index is 12.4. The second-order valence-electron chi connectivity index (χ2n) is 5.00. The maximum atomic E-state index is 12.4. The van der Waals surface area contributed by atoms with Crippen molar-refractivity contribution >= 4 is 5.91 Å². The second kappa shape index (κ2) is 7.82. The van der Waals surface area contributed by atoms with Crippen molar-refractivity contribution in [3.05, 3.63) is 29.8 Å². The molecule has 1 amide bonds. The number of aromatic hydroxyl groups is 1. The Morgan fingerprint density at radius 1 is 1.32 bits per heavy atom. The predicted octanol–water partition coefficient (Wildman–Crippen LogP) is 3.36. The zero-order valence-corrected chi connectivity index (χ0v) is 12.2. The number of para-hydroxylation sites is 1. The fourth-order valence-corrected chi connectivity index (χ4v) is 2.06. The Bertz CT molecular complexity index is 403. The average molecular weight is 263 g/mol. The molecule has 1 N–H and O–H groups in total. The third-order valence-corrected chi connectivity index (χ3v) is 3.53. The molecule has 19 heavy (non-hydrogen) atoms. The molecule has 0 aliphatic heterocycles. The fraction of sp³-hybridized carbons (Fsp3) is 0.562. The lowest BCUT2D eigenvalue weighted by Crippen LogP contribution is -2.40. The third kappa shape index (κ3) is 4.58. The Balaban J connectivity index is 2.74. The van der Waals surface area contributed by atoms with Crippen molar-refractivity contribution in [1.29, 1.82) is 0 Å². The first-order chi connectivity index (χ1) is 9.10. The van der Waals surface area contributed by atoms with E-state index in [9.17, 15) is 9.90 Å². The Hall–Kier alpha value is -1.51. The van der Waals surface area contributed by atoms with Crippen LogP contribution in [-0.4, -0.2) is 28.5 Å². The second-order valence-corrected chi connectivity index (χ2v) is 5.00. The number of carbonyl (C=O) groups excluding carboxylic acids is 1. The van der Waals surface area contributed by atoms with Gasteiger partial charge in [-0.3, -0.25) is 4.79 Å². The maximum Gasteiger partial charge on any atom is 0.227 e. The molecule has 1 unspecified atom stereocenters. The number of phenols is 1. The lowest BCUT2D eigenvalue weighted by Gasteiger charge is -2.28. The molecule has 0 aliphatic carbocycles. The zero-order valence-electron chi connectivity index (χ0n) is 12.2. The fourth-order valence-electron chi connectivity index (χ4n) is 2.06. The van der Waals surface area contributed by atoms with Gasteiger partial charge in [-0.15, -0.1) is 0 Å². The van der Waals surface area contributed by atoms with E-state index in [4.69, 9.17) is 0 Å². The molecule has 1 atom stereocenters. The lowest BCUT2D eigenvalue weighted by molar-refractivity contribution is -0.132. The number of rotatable bonds is 7. The van der Waals surface area contributed by atoms with Crippen molar-refractivity contribution in [2.24, 2.45) is 0 Å². The summed E-state index contributed by atoms with van der Waals surface area (Å²) in [5.41, 5.74) is 0.706. The molecule has 0 saturated heterocycles. The van der Waals surface area contributed by atoms with Crippen LogP contribution in [0.1, 0.15) is 45.6 Å². The zero-order chi connectivity index (χ0) is 14.3. The molecule has 3 heteroatoms. The number of benzene rings is 1. The quantitative estimate of drug-likeness (QED) is 0.819. The molecular weight excluding hydrogens is 238 g/mol. The molecule has 0 aliphatic rings. The number of phenolic OH excluding ortho intramolecular Hbond substituents is 1. The van der Waals surface area contributed by atoms with Crippen LogP contribution in [-0.2, 0) is 11.2 Å². The molecule has 0 aromatic heterocycles. The van der Waals surface area contributed by atoms with Gasteiger partial charge < -0.3 is 10.0 Å². The summed E-state index contributed by atoms with van der Waals surface area (Å²) in [4.78, 5) is 14.3. The highest BCUT2D eigenvalue weighted by Gasteiger charge is 2.19. The molecule has 1 rings (SSSR count). The normalized spacial score (nSPS) is 12.2. The van der Waals surface area contributed by atoms with Gasteiger partial charge in [0.05, 0.1) is 6.42 Å².